The van der Waals surface area contributed by atoms with E-state index in [1.54, 1.807) is 36.4 Å². The number of hydrogen-bond acceptors (Lipinski definition) is 6. The van der Waals surface area contributed by atoms with Gasteiger partial charge in [-0.05, 0) is 18.1 Å². The van der Waals surface area contributed by atoms with E-state index < -0.39 is 53.0 Å². The summed E-state index contributed by atoms with van der Waals surface area (Å²) in [6.45, 7) is 0.292. The fourth-order valence-corrected chi connectivity index (χ4v) is 2.74. The Morgan fingerprint density at radius 1 is 0.969 bits per heavy atom. The molecule has 0 bridgehead atoms. The Morgan fingerprint density at radius 2 is 1.47 bits per heavy atom. The Morgan fingerprint density at radius 3 is 1.97 bits per heavy atom. The summed E-state index contributed by atoms with van der Waals surface area (Å²) in [6.07, 6.45) is -0.587. The number of aliphatic carboxylic acids is 1. The third kappa shape index (κ3) is 5.94. The molecular weight excluding hydrogens is 428 g/mol. The SMILES string of the molecule is CC(C(=O)O)C(F)(F)C(=O)C(Cc1ccccc1)N(O)C(=O)C(=O)OCc1ccccc1. The van der Waals surface area contributed by atoms with E-state index in [1.165, 1.54) is 24.3 Å². The van der Waals surface area contributed by atoms with Gasteiger partial charge in [-0.15, -0.1) is 0 Å². The van der Waals surface area contributed by atoms with Gasteiger partial charge in [-0.3, -0.25) is 19.6 Å². The largest absolute Gasteiger partial charge is 0.481 e. The molecule has 0 aliphatic rings. The molecule has 32 heavy (non-hydrogen) atoms. The first-order valence-corrected chi connectivity index (χ1v) is 9.47. The van der Waals surface area contributed by atoms with Gasteiger partial charge in [-0.25, -0.2) is 9.86 Å². The van der Waals surface area contributed by atoms with Crippen LogP contribution in [0.5, 0.6) is 0 Å². The molecule has 2 aromatic carbocycles. The second-order valence-electron chi connectivity index (χ2n) is 6.96. The van der Waals surface area contributed by atoms with Gasteiger partial charge in [0.15, 0.2) is 0 Å². The Labute approximate surface area is 182 Å². The Balaban J connectivity index is 2.25. The van der Waals surface area contributed by atoms with Gasteiger partial charge in [0.25, 0.3) is 0 Å². The van der Waals surface area contributed by atoms with Crippen LogP contribution in [0, 0.1) is 5.92 Å². The van der Waals surface area contributed by atoms with Crippen LogP contribution < -0.4 is 0 Å². The van der Waals surface area contributed by atoms with E-state index in [0.29, 0.717) is 12.5 Å². The first-order chi connectivity index (χ1) is 15.1. The zero-order valence-corrected chi connectivity index (χ0v) is 17.0. The Hall–Kier alpha value is -3.66. The van der Waals surface area contributed by atoms with Crippen LogP contribution in [0.25, 0.3) is 0 Å². The van der Waals surface area contributed by atoms with E-state index in [9.17, 15) is 33.2 Å². The summed E-state index contributed by atoms with van der Waals surface area (Å²) in [5.41, 5.74) is 0.811. The van der Waals surface area contributed by atoms with Crippen molar-refractivity contribution in [3.05, 3.63) is 71.8 Å². The lowest BCUT2D eigenvalue weighted by Crippen LogP contribution is -2.55. The number of amides is 1. The summed E-state index contributed by atoms with van der Waals surface area (Å²) < 4.78 is 33.8. The fourth-order valence-electron chi connectivity index (χ4n) is 2.74. The molecule has 0 saturated heterocycles. The normalized spacial score (nSPS) is 13.0. The highest BCUT2D eigenvalue weighted by Crippen LogP contribution is 2.29. The van der Waals surface area contributed by atoms with Crippen molar-refractivity contribution >= 4 is 23.6 Å². The quantitative estimate of drug-likeness (QED) is 0.261. The van der Waals surface area contributed by atoms with Crippen LogP contribution in [-0.4, -0.2) is 51.0 Å². The van der Waals surface area contributed by atoms with E-state index in [1.807, 2.05) is 0 Å². The topological polar surface area (TPSA) is 121 Å². The number of hydrogen-bond donors (Lipinski definition) is 2. The number of rotatable bonds is 9. The van der Waals surface area contributed by atoms with Crippen LogP contribution in [0.3, 0.4) is 0 Å². The number of ketones is 1. The molecule has 2 unspecified atom stereocenters. The van der Waals surface area contributed by atoms with Crippen molar-refractivity contribution < 1.29 is 43.0 Å². The third-order valence-electron chi connectivity index (χ3n) is 4.71. The highest BCUT2D eigenvalue weighted by atomic mass is 19.3. The van der Waals surface area contributed by atoms with Gasteiger partial charge in [-0.1, -0.05) is 60.7 Å². The van der Waals surface area contributed by atoms with Crippen LogP contribution in [0.4, 0.5) is 8.78 Å². The molecule has 2 atom stereocenters. The van der Waals surface area contributed by atoms with E-state index in [2.05, 4.69) is 0 Å². The van der Waals surface area contributed by atoms with E-state index >= 15 is 0 Å². The van der Waals surface area contributed by atoms with Crippen molar-refractivity contribution in [3.63, 3.8) is 0 Å². The van der Waals surface area contributed by atoms with Crippen LogP contribution >= 0.6 is 0 Å². The Bertz CT molecular complexity index is 967. The maximum atomic E-state index is 14.5. The van der Waals surface area contributed by atoms with Crippen LogP contribution in [0.2, 0.25) is 0 Å². The van der Waals surface area contributed by atoms with Crippen LogP contribution in [-0.2, 0) is 36.9 Å². The van der Waals surface area contributed by atoms with Gasteiger partial charge in [0.1, 0.15) is 18.6 Å². The van der Waals surface area contributed by atoms with Crippen LogP contribution in [0.15, 0.2) is 60.7 Å². The molecule has 0 saturated carbocycles. The van der Waals surface area contributed by atoms with Crippen molar-refractivity contribution in [3.8, 4) is 0 Å². The number of carbonyl (C=O) groups excluding carboxylic acids is 3. The number of carboxylic acid groups (broad SMARTS) is 1. The molecule has 170 valence electrons. The molecule has 0 aliphatic heterocycles. The number of ether oxygens (including phenoxy) is 1. The zero-order valence-electron chi connectivity index (χ0n) is 17.0. The standard InChI is InChI=1S/C22H21F2NO7/c1-14(20(28)29)22(23,24)18(26)17(12-15-8-4-2-5-9-15)25(31)19(27)21(30)32-13-16-10-6-3-7-11-16/h2-11,14,17,31H,12-13H2,1H3,(H,28,29). The molecule has 0 fully saturated rings. The molecule has 0 aliphatic carbocycles. The number of alkyl halides is 2. The summed E-state index contributed by atoms with van der Waals surface area (Å²) in [4.78, 5) is 47.9. The predicted molar refractivity (Wildman–Crippen MR) is 106 cm³/mol. The van der Waals surface area contributed by atoms with Gasteiger partial charge in [0.2, 0.25) is 5.78 Å². The molecule has 0 spiro atoms. The maximum Gasteiger partial charge on any atom is 0.399 e. The van der Waals surface area contributed by atoms with Gasteiger partial charge in [0.05, 0.1) is 0 Å². The van der Waals surface area contributed by atoms with E-state index in [4.69, 9.17) is 9.84 Å². The molecule has 1 amide bonds. The number of carbonyl (C=O) groups is 4. The number of hydroxylamine groups is 2. The van der Waals surface area contributed by atoms with Crippen molar-refractivity contribution in [1.82, 2.24) is 5.06 Å². The van der Waals surface area contributed by atoms with Crippen molar-refractivity contribution in [1.29, 1.82) is 0 Å². The van der Waals surface area contributed by atoms with Gasteiger partial charge >= 0.3 is 23.8 Å². The predicted octanol–water partition coefficient (Wildman–Crippen LogP) is 2.48. The average molecular weight is 449 g/mol. The minimum absolute atomic E-state index is 0.286. The molecule has 8 nitrogen and oxygen atoms in total. The minimum atomic E-state index is -4.43. The molecule has 10 heteroatoms. The summed E-state index contributed by atoms with van der Waals surface area (Å²) in [7, 11) is 0. The van der Waals surface area contributed by atoms with E-state index in [-0.39, 0.29) is 12.2 Å². The highest BCUT2D eigenvalue weighted by Gasteiger charge is 2.53. The van der Waals surface area contributed by atoms with Crippen LogP contribution in [0.1, 0.15) is 18.1 Å². The number of halogens is 2. The fraction of sp³-hybridized carbons (Fsp3) is 0.273. The first kappa shape index (κ1) is 24.6. The molecule has 2 N–H and O–H groups in total. The molecule has 0 aromatic heterocycles. The lowest BCUT2D eigenvalue weighted by Gasteiger charge is -2.29. The number of esters is 1. The highest BCUT2D eigenvalue weighted by molar-refractivity contribution is 6.32. The lowest BCUT2D eigenvalue weighted by atomic mass is 9.91. The third-order valence-corrected chi connectivity index (χ3v) is 4.71. The molecule has 0 heterocycles. The van der Waals surface area contributed by atoms with Gasteiger partial charge in [0, 0.05) is 6.42 Å². The zero-order chi connectivity index (χ0) is 23.9. The van der Waals surface area contributed by atoms with E-state index in [0.717, 1.165) is 0 Å². The van der Waals surface area contributed by atoms with Crippen molar-refractivity contribution in [2.75, 3.05) is 0 Å². The average Bonchev–Trinajstić information content (AvgIpc) is 2.80. The number of carboxylic acids is 1. The number of benzene rings is 2. The summed E-state index contributed by atoms with van der Waals surface area (Å²) in [6, 6.07) is 13.6. The molecule has 0 radical (unpaired) electrons. The molecule has 2 rings (SSSR count). The van der Waals surface area contributed by atoms with Crippen molar-refractivity contribution in [2.24, 2.45) is 5.92 Å². The number of Topliss-reactive ketones (excluding diaryl/α,β-unsaturated/α-hetero) is 1. The molecular formula is C22H21F2NO7. The summed E-state index contributed by atoms with van der Waals surface area (Å²) in [5, 5.41) is 18.7. The van der Waals surface area contributed by atoms with Crippen molar-refractivity contribution in [2.45, 2.75) is 31.9 Å². The Kier molecular flexibility index (Phi) is 8.14. The summed E-state index contributed by atoms with van der Waals surface area (Å²) in [5.74, 6) is -14.1. The second-order valence-corrected chi connectivity index (χ2v) is 6.96. The molecule has 2 aromatic rings. The first-order valence-electron chi connectivity index (χ1n) is 9.47. The summed E-state index contributed by atoms with van der Waals surface area (Å²) >= 11 is 0. The maximum absolute atomic E-state index is 14.5. The lowest BCUT2D eigenvalue weighted by molar-refractivity contribution is -0.197. The minimum Gasteiger partial charge on any atom is -0.481 e. The monoisotopic (exact) mass is 449 g/mol. The number of nitrogens with zero attached hydrogens (tertiary/aromatic N) is 1. The second kappa shape index (κ2) is 10.6. The smallest absolute Gasteiger partial charge is 0.399 e. The van der Waals surface area contributed by atoms with Gasteiger partial charge < -0.3 is 9.84 Å². The van der Waals surface area contributed by atoms with Gasteiger partial charge in [-0.2, -0.15) is 8.78 Å².